The van der Waals surface area contributed by atoms with Crippen LogP contribution in [-0.2, 0) is 9.53 Å². The number of carbonyl (C=O) groups is 2. The minimum Gasteiger partial charge on any atom is -0.493 e. The summed E-state index contributed by atoms with van der Waals surface area (Å²) in [4.78, 5) is 26.9. The minimum atomic E-state index is -1.00. The molecule has 0 aromatic heterocycles. The smallest absolute Gasteiger partial charge is 0.339 e. The van der Waals surface area contributed by atoms with E-state index in [1.807, 2.05) is 13.8 Å². The lowest BCUT2D eigenvalue weighted by atomic mass is 9.81. The first-order valence-corrected chi connectivity index (χ1v) is 10.4. The summed E-state index contributed by atoms with van der Waals surface area (Å²) in [5.41, 5.74) is -0.562. The second kappa shape index (κ2) is 10.3. The van der Waals surface area contributed by atoms with E-state index in [-0.39, 0.29) is 11.5 Å². The molecule has 1 amide bonds. The van der Waals surface area contributed by atoms with Crippen LogP contribution in [0.1, 0.15) is 63.2 Å². The Bertz CT molecular complexity index is 793. The Kier molecular flexibility index (Phi) is 8.10. The normalized spacial score (nSPS) is 16.3. The lowest BCUT2D eigenvalue weighted by molar-refractivity contribution is -0.143. The lowest BCUT2D eigenvalue weighted by Crippen LogP contribution is -2.53. The fourth-order valence-corrected chi connectivity index (χ4v) is 3.59. The van der Waals surface area contributed by atoms with E-state index >= 15 is 0 Å². The van der Waals surface area contributed by atoms with Gasteiger partial charge in [0.2, 0.25) is 0 Å². The third-order valence-electron chi connectivity index (χ3n) is 5.46. The molecule has 0 bridgehead atoms. The molecule has 0 saturated heterocycles. The van der Waals surface area contributed by atoms with Crippen molar-refractivity contribution in [2.45, 2.75) is 64.5 Å². The van der Waals surface area contributed by atoms with E-state index in [1.54, 1.807) is 19.2 Å². The number of hydrogen-bond acceptors (Lipinski definition) is 6. The Balaban J connectivity index is 2.07. The van der Waals surface area contributed by atoms with Gasteiger partial charge in [-0.05, 0) is 43.9 Å². The van der Waals surface area contributed by atoms with E-state index in [1.165, 1.54) is 25.0 Å². The molecule has 1 atom stereocenters. The molecule has 1 aromatic rings. The third-order valence-corrected chi connectivity index (χ3v) is 5.46. The summed E-state index contributed by atoms with van der Waals surface area (Å²) in [5.74, 6) is 0.305. The van der Waals surface area contributed by atoms with Gasteiger partial charge in [-0.2, -0.15) is 5.26 Å². The Morgan fingerprint density at radius 1 is 1.17 bits per heavy atom. The van der Waals surface area contributed by atoms with Crippen molar-refractivity contribution in [1.82, 2.24) is 4.90 Å². The molecule has 1 aromatic carbocycles. The van der Waals surface area contributed by atoms with Gasteiger partial charge in [-0.15, -0.1) is 0 Å². The van der Waals surface area contributed by atoms with E-state index in [4.69, 9.17) is 14.2 Å². The number of esters is 1. The number of benzene rings is 1. The Hall–Kier alpha value is -2.75. The minimum absolute atomic E-state index is 0.263. The molecule has 1 fully saturated rings. The summed E-state index contributed by atoms with van der Waals surface area (Å²) in [6, 6.07) is 7.09. The zero-order chi connectivity index (χ0) is 22.3. The van der Waals surface area contributed by atoms with E-state index in [0.29, 0.717) is 36.9 Å². The van der Waals surface area contributed by atoms with Crippen LogP contribution in [0.5, 0.6) is 11.5 Å². The molecular weight excluding hydrogens is 384 g/mol. The van der Waals surface area contributed by atoms with Crippen LogP contribution in [0.2, 0.25) is 0 Å². The number of nitrogens with zero attached hydrogens (tertiary/aromatic N) is 2. The molecule has 2 rings (SSSR count). The summed E-state index contributed by atoms with van der Waals surface area (Å²) >= 11 is 0. The number of rotatable bonds is 8. The van der Waals surface area contributed by atoms with Crippen LogP contribution in [0.15, 0.2) is 18.2 Å². The fraction of sp³-hybridized carbons (Fsp3) is 0.609. The van der Waals surface area contributed by atoms with Crippen LogP contribution < -0.4 is 9.47 Å². The van der Waals surface area contributed by atoms with Gasteiger partial charge in [0.1, 0.15) is 5.54 Å². The molecule has 0 spiro atoms. The van der Waals surface area contributed by atoms with E-state index < -0.39 is 17.6 Å². The first-order valence-electron chi connectivity index (χ1n) is 10.4. The van der Waals surface area contributed by atoms with Gasteiger partial charge in [0, 0.05) is 7.05 Å². The number of carbonyl (C=O) groups excluding carboxylic acids is 2. The fourth-order valence-electron chi connectivity index (χ4n) is 3.59. The maximum Gasteiger partial charge on any atom is 0.339 e. The number of nitriles is 1. The van der Waals surface area contributed by atoms with Crippen molar-refractivity contribution >= 4 is 11.9 Å². The quantitative estimate of drug-likeness (QED) is 0.596. The maximum absolute atomic E-state index is 12.9. The molecule has 1 aliphatic carbocycles. The average Bonchev–Trinajstić information content (AvgIpc) is 2.76. The number of likely N-dealkylation sites (N-methyl/N-ethyl adjacent to an activating group) is 1. The molecule has 7 heteroatoms. The molecule has 0 unspecified atom stereocenters. The highest BCUT2D eigenvalue weighted by molar-refractivity contribution is 5.93. The van der Waals surface area contributed by atoms with Crippen LogP contribution >= 0.6 is 0 Å². The molecule has 1 aliphatic rings. The molecule has 0 aliphatic heterocycles. The predicted molar refractivity (Wildman–Crippen MR) is 112 cm³/mol. The topological polar surface area (TPSA) is 88.9 Å². The summed E-state index contributed by atoms with van der Waals surface area (Å²) < 4.78 is 16.4. The maximum atomic E-state index is 12.9. The van der Waals surface area contributed by atoms with Gasteiger partial charge in [0.05, 0.1) is 25.3 Å². The van der Waals surface area contributed by atoms with Crippen molar-refractivity contribution in [3.05, 3.63) is 23.8 Å². The van der Waals surface area contributed by atoms with Crippen molar-refractivity contribution < 1.29 is 23.8 Å². The zero-order valence-corrected chi connectivity index (χ0v) is 18.6. The standard InChI is InChI=1S/C23H32N2O5/c1-16(2)14-29-19-10-9-18(13-20(19)28-5)22(27)30-17(3)21(26)25(4)23(15-24)11-7-6-8-12-23/h9-10,13,16-17H,6-8,11-12,14H2,1-5H3/t17-/m1/s1. The number of amides is 1. The Labute approximate surface area is 178 Å². The first-order chi connectivity index (χ1) is 14.2. The molecule has 0 radical (unpaired) electrons. The summed E-state index contributed by atoms with van der Waals surface area (Å²) in [6.07, 6.45) is 3.16. The number of ether oxygens (including phenoxy) is 3. The van der Waals surface area contributed by atoms with Crippen molar-refractivity contribution in [2.75, 3.05) is 20.8 Å². The Morgan fingerprint density at radius 3 is 2.40 bits per heavy atom. The van der Waals surface area contributed by atoms with Crippen molar-refractivity contribution in [3.63, 3.8) is 0 Å². The van der Waals surface area contributed by atoms with Gasteiger partial charge >= 0.3 is 5.97 Å². The Morgan fingerprint density at radius 2 is 1.83 bits per heavy atom. The largest absolute Gasteiger partial charge is 0.493 e. The van der Waals surface area contributed by atoms with Crippen LogP contribution in [0.4, 0.5) is 0 Å². The monoisotopic (exact) mass is 416 g/mol. The van der Waals surface area contributed by atoms with Crippen molar-refractivity contribution in [1.29, 1.82) is 5.26 Å². The summed E-state index contributed by atoms with van der Waals surface area (Å²) in [7, 11) is 3.12. The van der Waals surface area contributed by atoms with Gasteiger partial charge in [-0.25, -0.2) is 4.79 Å². The van der Waals surface area contributed by atoms with Crippen molar-refractivity contribution in [2.24, 2.45) is 5.92 Å². The SMILES string of the molecule is COc1cc(C(=O)O[C@H](C)C(=O)N(C)C2(C#N)CCCCC2)ccc1OCC(C)C. The zero-order valence-electron chi connectivity index (χ0n) is 18.6. The molecule has 1 saturated carbocycles. The molecule has 0 heterocycles. The van der Waals surface area contributed by atoms with Gasteiger partial charge in [0.25, 0.3) is 5.91 Å². The summed E-state index contributed by atoms with van der Waals surface area (Å²) in [5, 5.41) is 9.69. The average molecular weight is 417 g/mol. The van der Waals surface area contributed by atoms with Gasteiger partial charge in [-0.3, -0.25) is 4.79 Å². The van der Waals surface area contributed by atoms with E-state index in [2.05, 4.69) is 6.07 Å². The van der Waals surface area contributed by atoms with Gasteiger partial charge < -0.3 is 19.1 Å². The van der Waals surface area contributed by atoms with Crippen LogP contribution in [-0.4, -0.2) is 49.2 Å². The van der Waals surface area contributed by atoms with Crippen LogP contribution in [0, 0.1) is 17.2 Å². The lowest BCUT2D eigenvalue weighted by Gasteiger charge is -2.39. The van der Waals surface area contributed by atoms with Gasteiger partial charge in [0.15, 0.2) is 17.6 Å². The van der Waals surface area contributed by atoms with Crippen LogP contribution in [0.3, 0.4) is 0 Å². The second-order valence-electron chi connectivity index (χ2n) is 8.22. The highest BCUT2D eigenvalue weighted by atomic mass is 16.5. The van der Waals surface area contributed by atoms with Gasteiger partial charge in [-0.1, -0.05) is 33.1 Å². The molecule has 0 N–H and O–H groups in total. The number of hydrogen-bond donors (Lipinski definition) is 0. The molecule has 30 heavy (non-hydrogen) atoms. The van der Waals surface area contributed by atoms with E-state index in [9.17, 15) is 14.9 Å². The molecule has 7 nitrogen and oxygen atoms in total. The highest BCUT2D eigenvalue weighted by Gasteiger charge is 2.40. The molecular formula is C23H32N2O5. The first kappa shape index (κ1) is 23.5. The predicted octanol–water partition coefficient (Wildman–Crippen LogP) is 3.96. The van der Waals surface area contributed by atoms with Crippen molar-refractivity contribution in [3.8, 4) is 17.6 Å². The number of methoxy groups -OCH3 is 1. The van der Waals surface area contributed by atoms with Crippen LogP contribution in [0.25, 0.3) is 0 Å². The summed E-state index contributed by atoms with van der Waals surface area (Å²) in [6.45, 7) is 6.13. The second-order valence-corrected chi connectivity index (χ2v) is 8.22. The highest BCUT2D eigenvalue weighted by Crippen LogP contribution is 2.33. The molecule has 164 valence electrons. The third kappa shape index (κ3) is 5.44. The van der Waals surface area contributed by atoms with E-state index in [0.717, 1.165) is 19.3 Å².